The third kappa shape index (κ3) is 2.02. The molecule has 0 atom stereocenters. The van der Waals surface area contributed by atoms with E-state index in [0.29, 0.717) is 0 Å². The minimum absolute atomic E-state index is 1.01. The first kappa shape index (κ1) is 10.1. The quantitative estimate of drug-likeness (QED) is 0.706. The molecule has 0 spiro atoms. The van der Waals surface area contributed by atoms with Gasteiger partial charge in [-0.15, -0.1) is 0 Å². The number of anilines is 1. The van der Waals surface area contributed by atoms with Crippen molar-refractivity contribution in [1.82, 2.24) is 9.55 Å². The molecule has 0 fully saturated rings. The maximum Gasteiger partial charge on any atom is 0.205 e. The van der Waals surface area contributed by atoms with Gasteiger partial charge in [0.1, 0.15) is 0 Å². The molecule has 1 rings (SSSR count). The maximum absolute atomic E-state index is 4.56. The fraction of sp³-hybridized carbons (Fsp3) is 0.700. The predicted molar refractivity (Wildman–Crippen MR) is 56.1 cm³/mol. The van der Waals surface area contributed by atoms with Crippen LogP contribution >= 0.6 is 0 Å². The van der Waals surface area contributed by atoms with Crippen molar-refractivity contribution in [2.24, 2.45) is 7.05 Å². The van der Waals surface area contributed by atoms with Crippen molar-refractivity contribution in [1.29, 1.82) is 0 Å². The molecule has 3 heteroatoms. The zero-order valence-electron chi connectivity index (χ0n) is 9.04. The van der Waals surface area contributed by atoms with Crippen LogP contribution in [0, 0.1) is 0 Å². The van der Waals surface area contributed by atoms with E-state index in [1.807, 2.05) is 0 Å². The highest BCUT2D eigenvalue weighted by atomic mass is 15.3. The molecule has 0 aliphatic carbocycles. The number of imidazole rings is 1. The van der Waals surface area contributed by atoms with E-state index < -0.39 is 0 Å². The zero-order valence-corrected chi connectivity index (χ0v) is 9.04. The van der Waals surface area contributed by atoms with Crippen molar-refractivity contribution in [2.45, 2.75) is 27.2 Å². The Morgan fingerprint density at radius 1 is 1.31 bits per heavy atom. The Hall–Kier alpha value is -0.990. The van der Waals surface area contributed by atoms with E-state index in [-0.39, 0.29) is 0 Å². The monoisotopic (exact) mass is 181 g/mol. The normalized spacial score (nSPS) is 10.5. The van der Waals surface area contributed by atoms with Crippen LogP contribution < -0.4 is 4.90 Å². The summed E-state index contributed by atoms with van der Waals surface area (Å²) in [5, 5.41) is 0. The van der Waals surface area contributed by atoms with Crippen LogP contribution in [0.15, 0.2) is 6.20 Å². The Labute approximate surface area is 80.4 Å². The molecule has 0 aliphatic rings. The van der Waals surface area contributed by atoms with Crippen molar-refractivity contribution in [3.63, 3.8) is 0 Å². The van der Waals surface area contributed by atoms with Gasteiger partial charge in [0.2, 0.25) is 5.95 Å². The number of hydrogen-bond acceptors (Lipinski definition) is 2. The van der Waals surface area contributed by atoms with Crippen molar-refractivity contribution in [3.8, 4) is 0 Å². The first-order valence-corrected chi connectivity index (χ1v) is 5.00. The Morgan fingerprint density at radius 3 is 2.31 bits per heavy atom. The summed E-state index contributed by atoms with van der Waals surface area (Å²) >= 11 is 0. The molecule has 0 bridgehead atoms. The van der Waals surface area contributed by atoms with Gasteiger partial charge in [0.05, 0.1) is 5.69 Å². The number of rotatable bonds is 4. The molecule has 0 unspecified atom stereocenters. The smallest absolute Gasteiger partial charge is 0.205 e. The van der Waals surface area contributed by atoms with Crippen LogP contribution in [0.3, 0.4) is 0 Å². The first-order valence-electron chi connectivity index (χ1n) is 5.00. The largest absolute Gasteiger partial charge is 0.343 e. The lowest BCUT2D eigenvalue weighted by Gasteiger charge is -2.19. The molecule has 0 aliphatic heterocycles. The van der Waals surface area contributed by atoms with Crippen LogP contribution in [0.4, 0.5) is 5.95 Å². The van der Waals surface area contributed by atoms with Gasteiger partial charge in [-0.3, -0.25) is 0 Å². The average molecular weight is 181 g/mol. The summed E-state index contributed by atoms with van der Waals surface area (Å²) in [6.45, 7) is 8.48. The van der Waals surface area contributed by atoms with Gasteiger partial charge in [-0.1, -0.05) is 6.92 Å². The van der Waals surface area contributed by atoms with Gasteiger partial charge in [0.15, 0.2) is 0 Å². The molecule has 0 saturated heterocycles. The van der Waals surface area contributed by atoms with Crippen LogP contribution in [-0.4, -0.2) is 22.6 Å². The van der Waals surface area contributed by atoms with Crippen LogP contribution in [0.2, 0.25) is 0 Å². The minimum Gasteiger partial charge on any atom is -0.343 e. The minimum atomic E-state index is 1.01. The second kappa shape index (κ2) is 4.30. The fourth-order valence-electron chi connectivity index (χ4n) is 1.49. The first-order chi connectivity index (χ1) is 6.22. The Morgan fingerprint density at radius 2 is 1.92 bits per heavy atom. The van der Waals surface area contributed by atoms with Crippen molar-refractivity contribution in [2.75, 3.05) is 18.0 Å². The van der Waals surface area contributed by atoms with Crippen molar-refractivity contribution < 1.29 is 0 Å². The van der Waals surface area contributed by atoms with Gasteiger partial charge in [0.25, 0.3) is 0 Å². The second-order valence-electron chi connectivity index (χ2n) is 3.17. The van der Waals surface area contributed by atoms with E-state index in [1.165, 1.54) is 5.69 Å². The molecule has 0 aromatic carbocycles. The van der Waals surface area contributed by atoms with Gasteiger partial charge >= 0.3 is 0 Å². The average Bonchev–Trinajstić information content (AvgIpc) is 2.50. The summed E-state index contributed by atoms with van der Waals surface area (Å²) in [4.78, 5) is 6.82. The molecular weight excluding hydrogens is 162 g/mol. The van der Waals surface area contributed by atoms with E-state index >= 15 is 0 Å². The van der Waals surface area contributed by atoms with E-state index in [1.54, 1.807) is 0 Å². The molecule has 74 valence electrons. The highest BCUT2D eigenvalue weighted by Gasteiger charge is 2.08. The lowest BCUT2D eigenvalue weighted by molar-refractivity contribution is 0.775. The predicted octanol–water partition coefficient (Wildman–Crippen LogP) is 1.83. The summed E-state index contributed by atoms with van der Waals surface area (Å²) in [6.07, 6.45) is 3.11. The Balaban J connectivity index is 2.91. The lowest BCUT2D eigenvalue weighted by atomic mass is 10.4. The van der Waals surface area contributed by atoms with Gasteiger partial charge in [-0.2, -0.15) is 0 Å². The molecule has 0 radical (unpaired) electrons. The van der Waals surface area contributed by atoms with Gasteiger partial charge in [-0.25, -0.2) is 4.98 Å². The van der Waals surface area contributed by atoms with Crippen LogP contribution in [0.5, 0.6) is 0 Å². The van der Waals surface area contributed by atoms with Crippen molar-refractivity contribution >= 4 is 5.95 Å². The SMILES string of the molecule is CCc1cn(C)c(N(CC)CC)n1. The summed E-state index contributed by atoms with van der Waals surface area (Å²) in [5.41, 5.74) is 1.17. The molecule has 0 amide bonds. The summed E-state index contributed by atoms with van der Waals surface area (Å²) in [7, 11) is 2.06. The third-order valence-electron chi connectivity index (χ3n) is 2.31. The number of aryl methyl sites for hydroxylation is 2. The summed E-state index contributed by atoms with van der Waals surface area (Å²) in [5.74, 6) is 1.09. The summed E-state index contributed by atoms with van der Waals surface area (Å²) < 4.78 is 2.10. The molecule has 0 N–H and O–H groups in total. The summed E-state index contributed by atoms with van der Waals surface area (Å²) in [6, 6.07) is 0. The highest BCUT2D eigenvalue weighted by Crippen LogP contribution is 2.12. The van der Waals surface area contributed by atoms with E-state index in [0.717, 1.165) is 25.5 Å². The van der Waals surface area contributed by atoms with E-state index in [2.05, 4.69) is 48.5 Å². The molecule has 0 saturated carbocycles. The maximum atomic E-state index is 4.56. The van der Waals surface area contributed by atoms with Crippen molar-refractivity contribution in [3.05, 3.63) is 11.9 Å². The third-order valence-corrected chi connectivity index (χ3v) is 2.31. The fourth-order valence-corrected chi connectivity index (χ4v) is 1.49. The van der Waals surface area contributed by atoms with Gasteiger partial charge < -0.3 is 9.47 Å². The zero-order chi connectivity index (χ0) is 9.84. The number of hydrogen-bond donors (Lipinski definition) is 0. The molecule has 1 aromatic rings. The second-order valence-corrected chi connectivity index (χ2v) is 3.17. The van der Waals surface area contributed by atoms with Gasteiger partial charge in [-0.05, 0) is 20.3 Å². The Bertz CT molecular complexity index is 261. The molecule has 3 nitrogen and oxygen atoms in total. The highest BCUT2D eigenvalue weighted by molar-refractivity contribution is 5.32. The van der Waals surface area contributed by atoms with Gasteiger partial charge in [0, 0.05) is 26.3 Å². The van der Waals surface area contributed by atoms with Crippen LogP contribution in [-0.2, 0) is 13.5 Å². The Kier molecular flexibility index (Phi) is 3.34. The number of nitrogens with zero attached hydrogens (tertiary/aromatic N) is 3. The van der Waals surface area contributed by atoms with E-state index in [9.17, 15) is 0 Å². The van der Waals surface area contributed by atoms with Crippen LogP contribution in [0.1, 0.15) is 26.5 Å². The molecule has 1 heterocycles. The molecule has 13 heavy (non-hydrogen) atoms. The van der Waals surface area contributed by atoms with E-state index in [4.69, 9.17) is 0 Å². The standard InChI is InChI=1S/C10H19N3/c1-5-9-8-12(4)10(11-9)13(6-2)7-3/h8H,5-7H2,1-4H3. The van der Waals surface area contributed by atoms with Crippen LogP contribution in [0.25, 0.3) is 0 Å². The molecule has 1 aromatic heterocycles. The topological polar surface area (TPSA) is 21.1 Å². The lowest BCUT2D eigenvalue weighted by Crippen LogP contribution is -2.24. The molecular formula is C10H19N3. The number of aromatic nitrogens is 2.